The molecule has 10 heteroatoms. The first-order valence-corrected chi connectivity index (χ1v) is 10.7. The molecule has 9 nitrogen and oxygen atoms in total. The molecule has 0 saturated carbocycles. The van der Waals surface area contributed by atoms with Crippen LogP contribution in [0.5, 0.6) is 11.5 Å². The Labute approximate surface area is 194 Å². The minimum atomic E-state index is -0.552. The molecule has 2 N–H and O–H groups in total. The second-order valence-electron chi connectivity index (χ2n) is 6.69. The zero-order valence-electron chi connectivity index (χ0n) is 17.9. The fourth-order valence-corrected chi connectivity index (χ4v) is 3.53. The summed E-state index contributed by atoms with van der Waals surface area (Å²) in [6.07, 6.45) is 0. The highest BCUT2D eigenvalue weighted by molar-refractivity contribution is 8.00. The molecule has 0 atom stereocenters. The van der Waals surface area contributed by atoms with Gasteiger partial charge in [-0.1, -0.05) is 6.07 Å². The van der Waals surface area contributed by atoms with Crippen LogP contribution in [-0.4, -0.2) is 36.7 Å². The van der Waals surface area contributed by atoms with E-state index in [1.165, 1.54) is 43.1 Å². The summed E-state index contributed by atoms with van der Waals surface area (Å²) in [5, 5.41) is 16.4. The van der Waals surface area contributed by atoms with Gasteiger partial charge in [-0.15, -0.1) is 11.8 Å². The van der Waals surface area contributed by atoms with E-state index in [4.69, 9.17) is 9.47 Å². The largest absolute Gasteiger partial charge is 0.497 e. The Hall–Kier alpha value is -4.05. The summed E-state index contributed by atoms with van der Waals surface area (Å²) in [6, 6.07) is 17.6. The highest BCUT2D eigenvalue weighted by atomic mass is 32.2. The summed E-state index contributed by atoms with van der Waals surface area (Å²) < 4.78 is 10.4. The van der Waals surface area contributed by atoms with Crippen LogP contribution in [0.2, 0.25) is 0 Å². The molecule has 0 radical (unpaired) electrons. The van der Waals surface area contributed by atoms with E-state index in [0.29, 0.717) is 22.9 Å². The summed E-state index contributed by atoms with van der Waals surface area (Å²) >= 11 is 1.33. The van der Waals surface area contributed by atoms with Gasteiger partial charge in [0.05, 0.1) is 30.6 Å². The van der Waals surface area contributed by atoms with Gasteiger partial charge < -0.3 is 20.1 Å². The molecular weight excluding hydrogens is 446 g/mol. The number of nitro groups is 1. The molecule has 3 rings (SSSR count). The van der Waals surface area contributed by atoms with Crippen LogP contribution in [0.15, 0.2) is 71.6 Å². The third-order valence-corrected chi connectivity index (χ3v) is 5.50. The number of thioether (sulfide) groups is 1. The molecule has 0 aromatic heterocycles. The second kappa shape index (κ2) is 11.0. The van der Waals surface area contributed by atoms with E-state index in [1.807, 2.05) is 0 Å². The predicted octanol–water partition coefficient (Wildman–Crippen LogP) is 4.60. The van der Waals surface area contributed by atoms with Crippen LogP contribution < -0.4 is 20.1 Å². The number of nitrogens with one attached hydrogen (secondary N) is 2. The lowest BCUT2D eigenvalue weighted by Crippen LogP contribution is -2.14. The average Bonchev–Trinajstić information content (AvgIpc) is 2.83. The third kappa shape index (κ3) is 6.47. The lowest BCUT2D eigenvalue weighted by Gasteiger charge is -2.11. The van der Waals surface area contributed by atoms with Gasteiger partial charge in [-0.25, -0.2) is 0 Å². The van der Waals surface area contributed by atoms with E-state index >= 15 is 0 Å². The molecule has 0 fully saturated rings. The van der Waals surface area contributed by atoms with Gasteiger partial charge in [0, 0.05) is 34.3 Å². The van der Waals surface area contributed by atoms with Gasteiger partial charge in [0.15, 0.2) is 0 Å². The summed E-state index contributed by atoms with van der Waals surface area (Å²) in [5.41, 5.74) is 1.11. The number of carbonyl (C=O) groups excluding carboxylic acids is 2. The molecule has 0 heterocycles. The van der Waals surface area contributed by atoms with Crippen molar-refractivity contribution >= 4 is 40.6 Å². The van der Waals surface area contributed by atoms with Crippen molar-refractivity contribution in [2.24, 2.45) is 0 Å². The topological polar surface area (TPSA) is 120 Å². The molecule has 170 valence electrons. The van der Waals surface area contributed by atoms with Crippen molar-refractivity contribution in [3.8, 4) is 11.5 Å². The quantitative estimate of drug-likeness (QED) is 0.268. The van der Waals surface area contributed by atoms with Crippen LogP contribution >= 0.6 is 11.8 Å². The van der Waals surface area contributed by atoms with Crippen molar-refractivity contribution in [1.29, 1.82) is 0 Å². The van der Waals surface area contributed by atoms with Crippen LogP contribution in [0.25, 0.3) is 0 Å². The normalized spacial score (nSPS) is 10.2. The van der Waals surface area contributed by atoms with Gasteiger partial charge in [-0.05, 0) is 42.5 Å². The number of nitro benzene ring substituents is 1. The Morgan fingerprint density at radius 2 is 1.73 bits per heavy atom. The number of carbonyl (C=O) groups is 2. The number of methoxy groups -OCH3 is 2. The molecule has 0 bridgehead atoms. The maximum Gasteiger partial charge on any atom is 0.270 e. The van der Waals surface area contributed by atoms with Crippen molar-refractivity contribution in [2.45, 2.75) is 4.90 Å². The number of hydrogen-bond donors (Lipinski definition) is 2. The Balaban J connectivity index is 1.54. The maximum atomic E-state index is 12.3. The predicted molar refractivity (Wildman–Crippen MR) is 126 cm³/mol. The smallest absolute Gasteiger partial charge is 0.270 e. The van der Waals surface area contributed by atoms with Gasteiger partial charge in [-0.2, -0.15) is 0 Å². The molecule has 0 aliphatic rings. The summed E-state index contributed by atoms with van der Waals surface area (Å²) in [5.74, 6) is 0.640. The van der Waals surface area contributed by atoms with Crippen molar-refractivity contribution in [3.05, 3.63) is 82.4 Å². The van der Waals surface area contributed by atoms with E-state index < -0.39 is 10.8 Å². The number of rotatable bonds is 9. The first kappa shape index (κ1) is 23.6. The monoisotopic (exact) mass is 467 g/mol. The highest BCUT2D eigenvalue weighted by Crippen LogP contribution is 2.29. The molecule has 0 unspecified atom stereocenters. The van der Waals surface area contributed by atoms with E-state index in [-0.39, 0.29) is 22.9 Å². The number of nitrogens with zero attached hydrogens (tertiary/aromatic N) is 1. The fourth-order valence-electron chi connectivity index (χ4n) is 2.84. The van der Waals surface area contributed by atoms with Crippen LogP contribution in [-0.2, 0) is 4.79 Å². The van der Waals surface area contributed by atoms with Crippen molar-refractivity contribution in [2.75, 3.05) is 30.6 Å². The summed E-state index contributed by atoms with van der Waals surface area (Å²) in [4.78, 5) is 35.8. The van der Waals surface area contributed by atoms with E-state index in [9.17, 15) is 19.7 Å². The molecule has 33 heavy (non-hydrogen) atoms. The lowest BCUT2D eigenvalue weighted by molar-refractivity contribution is -0.384. The molecule has 0 saturated heterocycles. The molecule has 2 amide bonds. The van der Waals surface area contributed by atoms with Crippen LogP contribution in [0.4, 0.5) is 17.1 Å². The van der Waals surface area contributed by atoms with Crippen LogP contribution in [0, 0.1) is 10.1 Å². The standard InChI is InChI=1S/C23H21N3O6S/c1-31-18-8-11-20(21(13-18)32-2)25-22(27)14-33-19-9-6-16(7-10-19)24-23(28)15-4-3-5-17(12-15)26(29)30/h3-13H,14H2,1-2H3,(H,24,28)(H,25,27). The van der Waals surface area contributed by atoms with E-state index in [1.54, 1.807) is 49.6 Å². The van der Waals surface area contributed by atoms with Gasteiger partial charge in [0.25, 0.3) is 11.6 Å². The molecule has 3 aromatic carbocycles. The number of non-ortho nitro benzene ring substituents is 1. The van der Waals surface area contributed by atoms with E-state index in [2.05, 4.69) is 10.6 Å². The maximum absolute atomic E-state index is 12.3. The Morgan fingerprint density at radius 3 is 2.39 bits per heavy atom. The SMILES string of the molecule is COc1ccc(NC(=O)CSc2ccc(NC(=O)c3cccc([N+](=O)[O-])c3)cc2)c(OC)c1. The molecule has 0 aliphatic carbocycles. The van der Waals surface area contributed by atoms with Crippen LogP contribution in [0.1, 0.15) is 10.4 Å². The molecular formula is C23H21N3O6S. The number of hydrogen-bond acceptors (Lipinski definition) is 7. The second-order valence-corrected chi connectivity index (χ2v) is 7.74. The lowest BCUT2D eigenvalue weighted by atomic mass is 10.2. The number of amides is 2. The van der Waals surface area contributed by atoms with Crippen LogP contribution in [0.3, 0.4) is 0 Å². The van der Waals surface area contributed by atoms with Gasteiger partial charge in [0.1, 0.15) is 11.5 Å². The Morgan fingerprint density at radius 1 is 0.970 bits per heavy atom. The third-order valence-electron chi connectivity index (χ3n) is 4.48. The summed E-state index contributed by atoms with van der Waals surface area (Å²) in [7, 11) is 3.06. The number of ether oxygens (including phenoxy) is 2. The molecule has 0 aliphatic heterocycles. The molecule has 3 aromatic rings. The Bertz CT molecular complexity index is 1170. The minimum absolute atomic E-state index is 0.153. The van der Waals surface area contributed by atoms with Crippen molar-refractivity contribution in [1.82, 2.24) is 0 Å². The zero-order chi connectivity index (χ0) is 23.8. The summed E-state index contributed by atoms with van der Waals surface area (Å²) in [6.45, 7) is 0. The average molecular weight is 468 g/mol. The number of benzene rings is 3. The minimum Gasteiger partial charge on any atom is -0.497 e. The number of anilines is 2. The highest BCUT2D eigenvalue weighted by Gasteiger charge is 2.12. The van der Waals surface area contributed by atoms with Gasteiger partial charge in [0.2, 0.25) is 5.91 Å². The first-order chi connectivity index (χ1) is 15.9. The van der Waals surface area contributed by atoms with Crippen molar-refractivity contribution in [3.63, 3.8) is 0 Å². The molecule has 0 spiro atoms. The zero-order valence-corrected chi connectivity index (χ0v) is 18.7. The van der Waals surface area contributed by atoms with E-state index in [0.717, 1.165) is 4.90 Å². The van der Waals surface area contributed by atoms with Crippen molar-refractivity contribution < 1.29 is 24.0 Å². The fraction of sp³-hybridized carbons (Fsp3) is 0.130. The van der Waals surface area contributed by atoms with Gasteiger partial charge >= 0.3 is 0 Å². The first-order valence-electron chi connectivity index (χ1n) is 9.70. The Kier molecular flexibility index (Phi) is 7.87. The van der Waals surface area contributed by atoms with Gasteiger partial charge in [-0.3, -0.25) is 19.7 Å².